The van der Waals surface area contributed by atoms with Gasteiger partial charge in [-0.25, -0.2) is 5.48 Å². The SMILES string of the molecule is C.NCC(=O)NO. The Balaban J connectivity index is 0. The van der Waals surface area contributed by atoms with Crippen molar-refractivity contribution in [2.75, 3.05) is 6.54 Å². The first kappa shape index (κ1) is 9.63. The molecule has 0 saturated heterocycles. The Morgan fingerprint density at radius 3 is 2.29 bits per heavy atom. The molecule has 0 aliphatic carbocycles. The minimum absolute atomic E-state index is 0. The zero-order valence-corrected chi connectivity index (χ0v) is 3.14. The molecular formula is C3H10N2O2. The molecule has 0 aromatic heterocycles. The standard InChI is InChI=1S/C2H6N2O2.CH4/c3-1-2(5)4-6;/h6H,1,3H2,(H,4,5);1H4. The van der Waals surface area contributed by atoms with E-state index in [9.17, 15) is 4.79 Å². The zero-order chi connectivity index (χ0) is 4.99. The molecule has 0 atom stereocenters. The molecule has 7 heavy (non-hydrogen) atoms. The first-order valence-corrected chi connectivity index (χ1v) is 1.44. The fourth-order valence-electron chi connectivity index (χ4n) is 0.0456. The summed E-state index contributed by atoms with van der Waals surface area (Å²) in [5, 5.41) is 7.66. The van der Waals surface area contributed by atoms with Gasteiger partial charge in [0.1, 0.15) is 0 Å². The molecule has 0 radical (unpaired) electrons. The highest BCUT2D eigenvalue weighted by atomic mass is 16.5. The number of nitrogens with two attached hydrogens (primary N) is 1. The van der Waals surface area contributed by atoms with E-state index in [0.717, 1.165) is 0 Å². The second-order valence-electron chi connectivity index (χ2n) is 0.739. The number of amides is 1. The molecular weight excluding hydrogens is 96.0 g/mol. The highest BCUT2D eigenvalue weighted by molar-refractivity contribution is 5.76. The number of hydrogen-bond acceptors (Lipinski definition) is 3. The van der Waals surface area contributed by atoms with Crippen molar-refractivity contribution in [1.29, 1.82) is 0 Å². The molecule has 1 amide bonds. The summed E-state index contributed by atoms with van der Waals surface area (Å²) in [6.45, 7) is -0.170. The van der Waals surface area contributed by atoms with Crippen molar-refractivity contribution in [3.8, 4) is 0 Å². The molecule has 0 heterocycles. The molecule has 44 valence electrons. The van der Waals surface area contributed by atoms with Gasteiger partial charge in [0.2, 0.25) is 0 Å². The van der Waals surface area contributed by atoms with Crippen molar-refractivity contribution in [2.45, 2.75) is 7.43 Å². The lowest BCUT2D eigenvalue weighted by molar-refractivity contribution is -0.127. The Kier molecular flexibility index (Phi) is 7.42. The average molecular weight is 106 g/mol. The van der Waals surface area contributed by atoms with Gasteiger partial charge in [0.25, 0.3) is 5.91 Å². The highest BCUT2D eigenvalue weighted by Gasteiger charge is 1.86. The van der Waals surface area contributed by atoms with Gasteiger partial charge in [-0.05, 0) is 0 Å². The molecule has 4 nitrogen and oxygen atoms in total. The van der Waals surface area contributed by atoms with Crippen LogP contribution in [0.25, 0.3) is 0 Å². The Hall–Kier alpha value is -0.610. The molecule has 0 aromatic rings. The molecule has 0 spiro atoms. The van der Waals surface area contributed by atoms with E-state index in [1.807, 2.05) is 0 Å². The van der Waals surface area contributed by atoms with Crippen molar-refractivity contribution < 1.29 is 10.0 Å². The van der Waals surface area contributed by atoms with Gasteiger partial charge in [0.05, 0.1) is 6.54 Å². The Morgan fingerprint density at radius 1 is 1.86 bits per heavy atom. The normalized spacial score (nSPS) is 6.57. The molecule has 0 rings (SSSR count). The van der Waals surface area contributed by atoms with E-state index in [4.69, 9.17) is 10.9 Å². The van der Waals surface area contributed by atoms with Crippen LogP contribution in [0.5, 0.6) is 0 Å². The minimum atomic E-state index is -0.574. The fourth-order valence-corrected chi connectivity index (χ4v) is 0.0456. The number of carbonyl (C=O) groups is 1. The predicted molar refractivity (Wildman–Crippen MR) is 25.7 cm³/mol. The topological polar surface area (TPSA) is 75.4 Å². The smallest absolute Gasteiger partial charge is 0.257 e. The Bertz CT molecular complexity index is 48.9. The van der Waals surface area contributed by atoms with Crippen molar-refractivity contribution in [3.05, 3.63) is 0 Å². The third-order valence-electron chi connectivity index (χ3n) is 0.310. The van der Waals surface area contributed by atoms with Crippen LogP contribution in [0.4, 0.5) is 0 Å². The van der Waals surface area contributed by atoms with Crippen molar-refractivity contribution >= 4 is 5.91 Å². The van der Waals surface area contributed by atoms with Crippen LogP contribution >= 0.6 is 0 Å². The number of carbonyl (C=O) groups excluding carboxylic acids is 1. The van der Waals surface area contributed by atoms with Gasteiger partial charge in [-0.3, -0.25) is 10.0 Å². The fraction of sp³-hybridized carbons (Fsp3) is 0.667. The molecule has 0 aliphatic heterocycles. The van der Waals surface area contributed by atoms with Gasteiger partial charge in [-0.15, -0.1) is 0 Å². The summed E-state index contributed by atoms with van der Waals surface area (Å²) in [6, 6.07) is 0. The summed E-state index contributed by atoms with van der Waals surface area (Å²) in [6.07, 6.45) is 0. The maximum Gasteiger partial charge on any atom is 0.257 e. The third-order valence-corrected chi connectivity index (χ3v) is 0.310. The van der Waals surface area contributed by atoms with Crippen molar-refractivity contribution in [1.82, 2.24) is 5.48 Å². The molecule has 0 unspecified atom stereocenters. The second kappa shape index (κ2) is 5.39. The molecule has 0 aliphatic rings. The van der Waals surface area contributed by atoms with Crippen LogP contribution < -0.4 is 11.2 Å². The lowest BCUT2D eigenvalue weighted by Gasteiger charge is -1.86. The number of rotatable bonds is 1. The van der Waals surface area contributed by atoms with Gasteiger partial charge >= 0.3 is 0 Å². The van der Waals surface area contributed by atoms with Gasteiger partial charge < -0.3 is 5.73 Å². The van der Waals surface area contributed by atoms with Gasteiger partial charge in [0.15, 0.2) is 0 Å². The molecule has 0 fully saturated rings. The van der Waals surface area contributed by atoms with E-state index in [1.165, 1.54) is 5.48 Å². The largest absolute Gasteiger partial charge is 0.322 e. The Morgan fingerprint density at radius 2 is 2.29 bits per heavy atom. The van der Waals surface area contributed by atoms with E-state index in [1.54, 1.807) is 0 Å². The summed E-state index contributed by atoms with van der Waals surface area (Å²) in [4.78, 5) is 9.69. The van der Waals surface area contributed by atoms with Crippen LogP contribution in [0.1, 0.15) is 7.43 Å². The summed E-state index contributed by atoms with van der Waals surface area (Å²) in [5.74, 6) is -0.574. The van der Waals surface area contributed by atoms with E-state index in [-0.39, 0.29) is 14.0 Å². The van der Waals surface area contributed by atoms with Crippen LogP contribution in [0.15, 0.2) is 0 Å². The number of hydrogen-bond donors (Lipinski definition) is 3. The predicted octanol–water partition coefficient (Wildman–Crippen LogP) is -0.913. The molecule has 0 saturated carbocycles. The molecule has 4 heteroatoms. The minimum Gasteiger partial charge on any atom is -0.322 e. The van der Waals surface area contributed by atoms with E-state index in [0.29, 0.717) is 0 Å². The summed E-state index contributed by atoms with van der Waals surface area (Å²) >= 11 is 0. The molecule has 0 bridgehead atoms. The van der Waals surface area contributed by atoms with Crippen molar-refractivity contribution in [2.24, 2.45) is 5.73 Å². The van der Waals surface area contributed by atoms with Crippen LogP contribution in [0.3, 0.4) is 0 Å². The summed E-state index contributed by atoms with van der Waals surface area (Å²) in [5.41, 5.74) is 6.06. The maximum atomic E-state index is 9.69. The van der Waals surface area contributed by atoms with E-state index in [2.05, 4.69) is 0 Å². The van der Waals surface area contributed by atoms with E-state index >= 15 is 0 Å². The number of hydroxylamine groups is 1. The average Bonchev–Trinajstić information content (AvgIpc) is 1.65. The van der Waals surface area contributed by atoms with Crippen LogP contribution in [0, 0.1) is 0 Å². The molecule has 4 N–H and O–H groups in total. The van der Waals surface area contributed by atoms with E-state index < -0.39 is 5.91 Å². The molecule has 0 aromatic carbocycles. The quantitative estimate of drug-likeness (QED) is 0.299. The maximum absolute atomic E-state index is 9.69. The van der Waals surface area contributed by atoms with Crippen LogP contribution in [0.2, 0.25) is 0 Å². The number of nitrogens with one attached hydrogen (secondary N) is 1. The van der Waals surface area contributed by atoms with Crippen molar-refractivity contribution in [3.63, 3.8) is 0 Å². The van der Waals surface area contributed by atoms with Gasteiger partial charge in [-0.1, -0.05) is 7.43 Å². The first-order chi connectivity index (χ1) is 2.81. The lowest BCUT2D eigenvalue weighted by Crippen LogP contribution is -2.26. The summed E-state index contributed by atoms with van der Waals surface area (Å²) in [7, 11) is 0. The lowest BCUT2D eigenvalue weighted by atomic mass is 10.7. The zero-order valence-electron chi connectivity index (χ0n) is 3.14. The van der Waals surface area contributed by atoms with Crippen LogP contribution in [-0.4, -0.2) is 17.7 Å². The first-order valence-electron chi connectivity index (χ1n) is 1.44. The third kappa shape index (κ3) is 5.39. The van der Waals surface area contributed by atoms with Crippen LogP contribution in [-0.2, 0) is 4.79 Å². The monoisotopic (exact) mass is 106 g/mol. The Labute approximate surface area is 42.3 Å². The second-order valence-corrected chi connectivity index (χ2v) is 0.739. The summed E-state index contributed by atoms with van der Waals surface area (Å²) < 4.78 is 0. The van der Waals surface area contributed by atoms with Gasteiger partial charge in [-0.2, -0.15) is 0 Å². The highest BCUT2D eigenvalue weighted by Crippen LogP contribution is 1.46. The van der Waals surface area contributed by atoms with Gasteiger partial charge in [0, 0.05) is 0 Å².